The molecule has 0 unspecified atom stereocenters. The maximum Gasteiger partial charge on any atom is 0.00201 e. The molecule has 1 nitrogen and oxygen atoms in total. The summed E-state index contributed by atoms with van der Waals surface area (Å²) in [7, 11) is 0. The van der Waals surface area contributed by atoms with Crippen molar-refractivity contribution in [3.63, 3.8) is 0 Å². The van der Waals surface area contributed by atoms with Crippen molar-refractivity contribution < 1.29 is 0 Å². The van der Waals surface area contributed by atoms with E-state index in [1.165, 1.54) is 30.5 Å². The Kier molecular flexibility index (Phi) is 3.42. The van der Waals surface area contributed by atoms with E-state index in [1.807, 2.05) is 0 Å². The van der Waals surface area contributed by atoms with Gasteiger partial charge in [-0.2, -0.15) is 0 Å². The first-order valence-corrected chi connectivity index (χ1v) is 6.08. The highest BCUT2D eigenvalue weighted by atomic mass is 14.9. The van der Waals surface area contributed by atoms with Gasteiger partial charge in [0.2, 0.25) is 0 Å². The van der Waals surface area contributed by atoms with Gasteiger partial charge >= 0.3 is 0 Å². The summed E-state index contributed by atoms with van der Waals surface area (Å²) in [5.74, 6) is 1.38. The predicted octanol–water partition coefficient (Wildman–Crippen LogP) is 3.28. The predicted molar refractivity (Wildman–Crippen MR) is 65.4 cm³/mol. The van der Waals surface area contributed by atoms with Gasteiger partial charge in [0.15, 0.2) is 0 Å². The van der Waals surface area contributed by atoms with Crippen LogP contribution < -0.4 is 5.32 Å². The fraction of sp³-hybridized carbons (Fsp3) is 0.571. The Morgan fingerprint density at radius 1 is 1.20 bits per heavy atom. The van der Waals surface area contributed by atoms with Crippen LogP contribution in [-0.2, 0) is 0 Å². The molecule has 1 heterocycles. The van der Waals surface area contributed by atoms with Crippen LogP contribution in [0.4, 0.5) is 0 Å². The highest BCUT2D eigenvalue weighted by Gasteiger charge is 2.14. The molecule has 1 aliphatic heterocycles. The number of piperidine rings is 1. The molecular formula is C14H21N. The average molecular weight is 203 g/mol. The molecule has 0 spiro atoms. The fourth-order valence-electron chi connectivity index (χ4n) is 2.29. The first kappa shape index (κ1) is 10.7. The van der Waals surface area contributed by atoms with E-state index < -0.39 is 0 Å². The molecule has 82 valence electrons. The number of nitrogens with one attached hydrogen (secondary N) is 1. The molecule has 0 saturated carbocycles. The second-order valence-electron chi connectivity index (χ2n) is 4.86. The van der Waals surface area contributed by atoms with Crippen LogP contribution in [0.5, 0.6) is 0 Å². The lowest BCUT2D eigenvalue weighted by atomic mass is 9.90. The topological polar surface area (TPSA) is 12.0 Å². The molecule has 0 amide bonds. The van der Waals surface area contributed by atoms with Gasteiger partial charge in [0.25, 0.3) is 0 Å². The zero-order chi connectivity index (χ0) is 10.7. The molecule has 1 N–H and O–H groups in total. The van der Waals surface area contributed by atoms with Crippen molar-refractivity contribution in [1.82, 2.24) is 5.32 Å². The summed E-state index contributed by atoms with van der Waals surface area (Å²) in [5.41, 5.74) is 2.95. The second-order valence-corrected chi connectivity index (χ2v) is 4.86. The minimum Gasteiger partial charge on any atom is -0.316 e. The third-order valence-corrected chi connectivity index (χ3v) is 3.37. The summed E-state index contributed by atoms with van der Waals surface area (Å²) in [6, 6.07) is 9.20. The molecule has 1 aliphatic rings. The van der Waals surface area contributed by atoms with Crippen LogP contribution in [0.25, 0.3) is 0 Å². The lowest BCUT2D eigenvalue weighted by Crippen LogP contribution is -2.28. The van der Waals surface area contributed by atoms with Crippen molar-refractivity contribution in [3.8, 4) is 0 Å². The summed E-state index contributed by atoms with van der Waals surface area (Å²) in [5, 5.41) is 3.47. The highest BCUT2D eigenvalue weighted by molar-refractivity contribution is 5.27. The number of benzene rings is 1. The molecule has 1 aromatic rings. The Bertz CT molecular complexity index is 294. The van der Waals surface area contributed by atoms with E-state index in [9.17, 15) is 0 Å². The van der Waals surface area contributed by atoms with Crippen molar-refractivity contribution in [1.29, 1.82) is 0 Å². The van der Waals surface area contributed by atoms with Crippen LogP contribution in [0.2, 0.25) is 0 Å². The molecule has 1 atom stereocenters. The van der Waals surface area contributed by atoms with Crippen LogP contribution in [0.3, 0.4) is 0 Å². The van der Waals surface area contributed by atoms with Gasteiger partial charge in [-0.25, -0.2) is 0 Å². The zero-order valence-electron chi connectivity index (χ0n) is 9.79. The normalized spacial score (nSPS) is 21.9. The van der Waals surface area contributed by atoms with Crippen molar-refractivity contribution >= 4 is 0 Å². The Morgan fingerprint density at radius 2 is 1.93 bits per heavy atom. The highest BCUT2D eigenvalue weighted by Crippen LogP contribution is 2.24. The summed E-state index contributed by atoms with van der Waals surface area (Å²) in [6.45, 7) is 6.84. The first-order valence-electron chi connectivity index (χ1n) is 6.08. The molecule has 2 rings (SSSR count). The Labute approximate surface area is 92.9 Å². The smallest absolute Gasteiger partial charge is 0.00201 e. The van der Waals surface area contributed by atoms with Crippen molar-refractivity contribution in [2.24, 2.45) is 0 Å². The van der Waals surface area contributed by atoms with E-state index in [0.717, 1.165) is 12.5 Å². The molecule has 0 aromatic heterocycles. The summed E-state index contributed by atoms with van der Waals surface area (Å²) in [4.78, 5) is 0. The van der Waals surface area contributed by atoms with E-state index in [2.05, 4.69) is 43.4 Å². The van der Waals surface area contributed by atoms with Crippen molar-refractivity contribution in [2.75, 3.05) is 13.1 Å². The lowest BCUT2D eigenvalue weighted by molar-refractivity contribution is 0.461. The van der Waals surface area contributed by atoms with Gasteiger partial charge < -0.3 is 5.32 Å². The molecule has 1 fully saturated rings. The minimum absolute atomic E-state index is 0.642. The molecule has 1 heteroatoms. The van der Waals surface area contributed by atoms with Gasteiger partial charge in [-0.1, -0.05) is 38.1 Å². The van der Waals surface area contributed by atoms with Gasteiger partial charge in [-0.3, -0.25) is 0 Å². The standard InChI is InChI=1S/C14H21N/c1-11(2)12-5-7-13(8-6-12)14-4-3-9-15-10-14/h5-8,11,14-15H,3-4,9-10H2,1-2H3/t14-/m0/s1. The third-order valence-electron chi connectivity index (χ3n) is 3.37. The zero-order valence-corrected chi connectivity index (χ0v) is 9.79. The van der Waals surface area contributed by atoms with E-state index in [4.69, 9.17) is 0 Å². The Hall–Kier alpha value is -0.820. The maximum atomic E-state index is 3.47. The molecule has 1 aromatic carbocycles. The largest absolute Gasteiger partial charge is 0.316 e. The monoisotopic (exact) mass is 203 g/mol. The average Bonchev–Trinajstić information content (AvgIpc) is 2.30. The third kappa shape index (κ3) is 2.60. The molecule has 15 heavy (non-hydrogen) atoms. The van der Waals surface area contributed by atoms with Crippen LogP contribution in [0.1, 0.15) is 49.7 Å². The number of hydrogen-bond donors (Lipinski definition) is 1. The van der Waals surface area contributed by atoms with Crippen LogP contribution in [-0.4, -0.2) is 13.1 Å². The fourth-order valence-corrected chi connectivity index (χ4v) is 2.29. The van der Waals surface area contributed by atoms with Crippen LogP contribution in [0, 0.1) is 0 Å². The van der Waals surface area contributed by atoms with E-state index >= 15 is 0 Å². The Morgan fingerprint density at radius 3 is 2.47 bits per heavy atom. The summed E-state index contributed by atoms with van der Waals surface area (Å²) >= 11 is 0. The number of hydrogen-bond acceptors (Lipinski definition) is 1. The summed E-state index contributed by atoms with van der Waals surface area (Å²) < 4.78 is 0. The minimum atomic E-state index is 0.642. The Balaban J connectivity index is 2.08. The summed E-state index contributed by atoms with van der Waals surface area (Å²) in [6.07, 6.45) is 2.66. The maximum absolute atomic E-state index is 3.47. The van der Waals surface area contributed by atoms with Gasteiger partial charge in [0.05, 0.1) is 0 Å². The SMILES string of the molecule is CC(C)c1ccc([C@H]2CCCNC2)cc1. The second kappa shape index (κ2) is 4.80. The molecule has 1 saturated heterocycles. The van der Waals surface area contributed by atoms with E-state index in [-0.39, 0.29) is 0 Å². The van der Waals surface area contributed by atoms with Crippen LogP contribution >= 0.6 is 0 Å². The van der Waals surface area contributed by atoms with E-state index in [1.54, 1.807) is 0 Å². The quantitative estimate of drug-likeness (QED) is 0.778. The lowest BCUT2D eigenvalue weighted by Gasteiger charge is -2.23. The van der Waals surface area contributed by atoms with Gasteiger partial charge in [0.1, 0.15) is 0 Å². The first-order chi connectivity index (χ1) is 7.27. The van der Waals surface area contributed by atoms with E-state index in [0.29, 0.717) is 5.92 Å². The van der Waals surface area contributed by atoms with Gasteiger partial charge in [0, 0.05) is 6.54 Å². The molecule has 0 bridgehead atoms. The van der Waals surface area contributed by atoms with Gasteiger partial charge in [-0.15, -0.1) is 0 Å². The molecule has 0 radical (unpaired) electrons. The molecule has 0 aliphatic carbocycles. The van der Waals surface area contributed by atoms with Crippen molar-refractivity contribution in [3.05, 3.63) is 35.4 Å². The van der Waals surface area contributed by atoms with Crippen molar-refractivity contribution in [2.45, 2.75) is 38.5 Å². The van der Waals surface area contributed by atoms with Crippen LogP contribution in [0.15, 0.2) is 24.3 Å². The molecular weight excluding hydrogens is 182 g/mol. The number of rotatable bonds is 2. The van der Waals surface area contributed by atoms with Gasteiger partial charge in [-0.05, 0) is 42.3 Å².